The number of thiocarbonyl (C=S) groups is 1. The molecule has 0 bridgehead atoms. The third-order valence-corrected chi connectivity index (χ3v) is 5.87. The Bertz CT molecular complexity index is 1010. The maximum atomic E-state index is 11.9. The van der Waals surface area contributed by atoms with Gasteiger partial charge < -0.3 is 19.5 Å². The normalized spacial score (nSPS) is 14.5. The molecule has 1 heterocycles. The number of carbonyl (C=O) groups excluding carboxylic acids is 1. The average molecular weight is 506 g/mol. The zero-order chi connectivity index (χ0) is 21.5. The number of benzene rings is 2. The first kappa shape index (κ1) is 22.4. The number of halogens is 1. The van der Waals surface area contributed by atoms with Crippen LogP contribution < -0.4 is 19.5 Å². The minimum absolute atomic E-state index is 0.200. The molecule has 0 spiro atoms. The van der Waals surface area contributed by atoms with E-state index in [1.807, 2.05) is 42.5 Å². The highest BCUT2D eigenvalue weighted by atomic mass is 79.9. The maximum absolute atomic E-state index is 11.9. The molecule has 1 saturated heterocycles. The molecule has 2 aromatic carbocycles. The van der Waals surface area contributed by atoms with Crippen molar-refractivity contribution in [3.05, 3.63) is 69.6 Å². The van der Waals surface area contributed by atoms with Crippen molar-refractivity contribution >= 4 is 56.2 Å². The molecule has 0 aromatic heterocycles. The van der Waals surface area contributed by atoms with E-state index in [2.05, 4.69) is 27.8 Å². The van der Waals surface area contributed by atoms with E-state index in [1.165, 1.54) is 11.8 Å². The Morgan fingerprint density at radius 3 is 2.67 bits per heavy atom. The van der Waals surface area contributed by atoms with Crippen LogP contribution in [0.5, 0.6) is 17.2 Å². The third-order valence-electron chi connectivity index (χ3n) is 4.12. The highest BCUT2D eigenvalue weighted by Crippen LogP contribution is 2.38. The number of hydrogen-bond acceptors (Lipinski definition) is 6. The first-order chi connectivity index (χ1) is 14.5. The van der Waals surface area contributed by atoms with Gasteiger partial charge in [-0.15, -0.1) is 6.58 Å². The molecular weight excluding hydrogens is 486 g/mol. The standard InChI is InChI=1S/C22H20BrNO4S2/c1-3-6-15-7-4-5-8-17(15)27-9-10-28-20-16(23)11-14(12-18(20)26-2)13-19-21(25)24-22(29)30-19/h3-5,7-8,11-13H,1,6,9-10H2,2H3,(H,24,25,29). The van der Waals surface area contributed by atoms with Crippen LogP contribution in [0.4, 0.5) is 0 Å². The second-order valence-corrected chi connectivity index (χ2v) is 8.76. The van der Waals surface area contributed by atoms with Crippen molar-refractivity contribution in [3.63, 3.8) is 0 Å². The van der Waals surface area contributed by atoms with Crippen LogP contribution in [0.15, 0.2) is 58.4 Å². The summed E-state index contributed by atoms with van der Waals surface area (Å²) in [7, 11) is 1.57. The molecule has 1 N–H and O–H groups in total. The number of para-hydroxylation sites is 1. The Kier molecular flexibility index (Phi) is 7.95. The molecule has 8 heteroatoms. The van der Waals surface area contributed by atoms with Gasteiger partial charge >= 0.3 is 0 Å². The average Bonchev–Trinajstić information content (AvgIpc) is 3.04. The van der Waals surface area contributed by atoms with Crippen LogP contribution in [0.25, 0.3) is 6.08 Å². The summed E-state index contributed by atoms with van der Waals surface area (Å²) in [6.07, 6.45) is 4.35. The number of carbonyl (C=O) groups is 1. The summed E-state index contributed by atoms with van der Waals surface area (Å²) in [5.41, 5.74) is 1.87. The van der Waals surface area contributed by atoms with Crippen molar-refractivity contribution < 1.29 is 19.0 Å². The Morgan fingerprint density at radius 2 is 1.97 bits per heavy atom. The van der Waals surface area contributed by atoms with Crippen LogP contribution in [-0.4, -0.2) is 30.6 Å². The summed E-state index contributed by atoms with van der Waals surface area (Å²) >= 11 is 9.78. The molecule has 0 aliphatic carbocycles. The lowest BCUT2D eigenvalue weighted by atomic mass is 10.1. The van der Waals surface area contributed by atoms with E-state index < -0.39 is 0 Å². The van der Waals surface area contributed by atoms with Crippen molar-refractivity contribution in [2.75, 3.05) is 20.3 Å². The fourth-order valence-electron chi connectivity index (χ4n) is 2.80. The molecule has 0 radical (unpaired) electrons. The lowest BCUT2D eigenvalue weighted by Crippen LogP contribution is -2.17. The summed E-state index contributed by atoms with van der Waals surface area (Å²) in [5, 5.41) is 2.60. The van der Waals surface area contributed by atoms with Crippen LogP contribution in [0.1, 0.15) is 11.1 Å². The van der Waals surface area contributed by atoms with Gasteiger partial charge in [0.05, 0.1) is 16.5 Å². The minimum atomic E-state index is -0.200. The van der Waals surface area contributed by atoms with Crippen molar-refractivity contribution in [2.45, 2.75) is 6.42 Å². The van der Waals surface area contributed by atoms with Crippen LogP contribution in [0.3, 0.4) is 0 Å². The first-order valence-electron chi connectivity index (χ1n) is 9.08. The van der Waals surface area contributed by atoms with Gasteiger partial charge in [-0.05, 0) is 57.8 Å². The second-order valence-electron chi connectivity index (χ2n) is 6.18. The predicted molar refractivity (Wildman–Crippen MR) is 128 cm³/mol. The number of amides is 1. The number of methoxy groups -OCH3 is 1. The maximum Gasteiger partial charge on any atom is 0.263 e. The highest BCUT2D eigenvalue weighted by molar-refractivity contribution is 9.10. The second kappa shape index (κ2) is 10.7. The fraction of sp³-hybridized carbons (Fsp3) is 0.182. The zero-order valence-corrected chi connectivity index (χ0v) is 19.5. The molecular formula is C22H20BrNO4S2. The van der Waals surface area contributed by atoms with Crippen LogP contribution in [-0.2, 0) is 11.2 Å². The number of hydrogen-bond donors (Lipinski definition) is 1. The van der Waals surface area contributed by atoms with Crippen molar-refractivity contribution in [2.24, 2.45) is 0 Å². The fourth-order valence-corrected chi connectivity index (χ4v) is 4.42. The minimum Gasteiger partial charge on any atom is -0.493 e. The molecule has 2 aromatic rings. The number of allylic oxidation sites excluding steroid dienone is 1. The zero-order valence-electron chi connectivity index (χ0n) is 16.3. The Hall–Kier alpha value is -2.29. The van der Waals surface area contributed by atoms with E-state index in [4.69, 9.17) is 26.4 Å². The predicted octanol–water partition coefficient (Wildman–Crippen LogP) is 5.13. The SMILES string of the molecule is C=CCc1ccccc1OCCOc1c(Br)cc(C=C2SC(=S)NC2=O)cc1OC. The third kappa shape index (κ3) is 5.65. The molecule has 0 atom stereocenters. The number of rotatable bonds is 9. The monoisotopic (exact) mass is 505 g/mol. The van der Waals surface area contributed by atoms with Gasteiger partial charge in [0, 0.05) is 0 Å². The summed E-state index contributed by atoms with van der Waals surface area (Å²) in [6, 6.07) is 11.5. The Morgan fingerprint density at radius 1 is 1.20 bits per heavy atom. The number of ether oxygens (including phenoxy) is 3. The van der Waals surface area contributed by atoms with Gasteiger partial charge in [-0.2, -0.15) is 0 Å². The summed E-state index contributed by atoms with van der Waals surface area (Å²) in [6.45, 7) is 4.49. The van der Waals surface area contributed by atoms with Crippen LogP contribution in [0, 0.1) is 0 Å². The van der Waals surface area contributed by atoms with E-state index in [9.17, 15) is 4.79 Å². The number of thioether (sulfide) groups is 1. The summed E-state index contributed by atoms with van der Waals surface area (Å²) < 4.78 is 18.4. The largest absolute Gasteiger partial charge is 0.493 e. The Balaban J connectivity index is 1.66. The first-order valence-corrected chi connectivity index (χ1v) is 11.1. The van der Waals surface area contributed by atoms with Crippen LogP contribution >= 0.6 is 39.9 Å². The van der Waals surface area contributed by atoms with Gasteiger partial charge in [-0.1, -0.05) is 48.3 Å². The smallest absolute Gasteiger partial charge is 0.263 e. The van der Waals surface area contributed by atoms with E-state index in [0.29, 0.717) is 38.4 Å². The van der Waals surface area contributed by atoms with E-state index in [-0.39, 0.29) is 5.91 Å². The van der Waals surface area contributed by atoms with E-state index in [1.54, 1.807) is 13.2 Å². The molecule has 30 heavy (non-hydrogen) atoms. The Labute approximate surface area is 193 Å². The molecule has 156 valence electrons. The molecule has 5 nitrogen and oxygen atoms in total. The molecule has 0 saturated carbocycles. The lowest BCUT2D eigenvalue weighted by Gasteiger charge is -2.15. The van der Waals surface area contributed by atoms with Gasteiger partial charge in [0.15, 0.2) is 11.5 Å². The van der Waals surface area contributed by atoms with Gasteiger partial charge in [0.1, 0.15) is 23.3 Å². The molecule has 3 rings (SSSR count). The van der Waals surface area contributed by atoms with Gasteiger partial charge in [0.25, 0.3) is 5.91 Å². The quantitative estimate of drug-likeness (QED) is 0.220. The molecule has 0 unspecified atom stereocenters. The molecule has 1 aliphatic heterocycles. The van der Waals surface area contributed by atoms with Crippen molar-refractivity contribution in [1.82, 2.24) is 5.32 Å². The van der Waals surface area contributed by atoms with E-state index in [0.717, 1.165) is 23.3 Å². The topological polar surface area (TPSA) is 56.8 Å². The summed E-state index contributed by atoms with van der Waals surface area (Å²) in [4.78, 5) is 12.4. The summed E-state index contributed by atoms with van der Waals surface area (Å²) in [5.74, 6) is 1.74. The van der Waals surface area contributed by atoms with Crippen molar-refractivity contribution in [3.8, 4) is 17.2 Å². The molecule has 1 aliphatic rings. The van der Waals surface area contributed by atoms with Gasteiger partial charge in [-0.3, -0.25) is 4.79 Å². The highest BCUT2D eigenvalue weighted by Gasteiger charge is 2.22. The number of nitrogens with one attached hydrogen (secondary N) is 1. The lowest BCUT2D eigenvalue weighted by molar-refractivity contribution is -0.115. The van der Waals surface area contributed by atoms with Gasteiger partial charge in [0.2, 0.25) is 0 Å². The molecule has 1 fully saturated rings. The van der Waals surface area contributed by atoms with Gasteiger partial charge in [-0.25, -0.2) is 0 Å². The van der Waals surface area contributed by atoms with Crippen LogP contribution in [0.2, 0.25) is 0 Å². The van der Waals surface area contributed by atoms with E-state index >= 15 is 0 Å². The van der Waals surface area contributed by atoms with Crippen molar-refractivity contribution in [1.29, 1.82) is 0 Å². The molecule has 1 amide bonds.